The molecule has 0 radical (unpaired) electrons. The molecule has 4 heterocycles. The van der Waals surface area contributed by atoms with Crippen LogP contribution >= 0.6 is 0 Å². The molecule has 8 nitrogen and oxygen atoms in total. The maximum Gasteiger partial charge on any atom is 0.181 e. The zero-order valence-corrected chi connectivity index (χ0v) is 16.5. The van der Waals surface area contributed by atoms with E-state index in [0.717, 1.165) is 61.2 Å². The summed E-state index contributed by atoms with van der Waals surface area (Å²) >= 11 is 0. The van der Waals surface area contributed by atoms with E-state index in [1.54, 1.807) is 6.39 Å². The van der Waals surface area contributed by atoms with Crippen molar-refractivity contribution >= 4 is 11.5 Å². The van der Waals surface area contributed by atoms with Gasteiger partial charge in [0.2, 0.25) is 0 Å². The Labute approximate surface area is 159 Å². The molecule has 1 aliphatic heterocycles. The number of piperidine rings is 1. The van der Waals surface area contributed by atoms with Crippen molar-refractivity contribution in [3.63, 3.8) is 0 Å². The Bertz CT molecular complexity index is 906. The quantitative estimate of drug-likeness (QED) is 0.684. The third-order valence-corrected chi connectivity index (χ3v) is 5.25. The Hall–Kier alpha value is -2.48. The molecule has 0 atom stereocenters. The fourth-order valence-electron chi connectivity index (χ4n) is 3.72. The van der Waals surface area contributed by atoms with Gasteiger partial charge in [-0.15, -0.1) is 15.3 Å². The third kappa shape index (κ3) is 3.53. The number of oxazole rings is 1. The SMILES string of the molecule is CC(C)c1ocnc1CN1CCC(c2nnc3ccc(N(C)C)nn23)CC1. The predicted octanol–water partition coefficient (Wildman–Crippen LogP) is 2.68. The summed E-state index contributed by atoms with van der Waals surface area (Å²) in [6.45, 7) is 7.15. The number of likely N-dealkylation sites (tertiary alicyclic amines) is 1. The second-order valence-corrected chi connectivity index (χ2v) is 7.78. The minimum Gasteiger partial charge on any atom is -0.448 e. The van der Waals surface area contributed by atoms with Crippen LogP contribution in [0.15, 0.2) is 22.9 Å². The van der Waals surface area contributed by atoms with Crippen LogP contribution in [0.5, 0.6) is 0 Å². The molecule has 0 unspecified atom stereocenters. The van der Waals surface area contributed by atoms with Gasteiger partial charge < -0.3 is 9.32 Å². The Kier molecular flexibility index (Phi) is 4.82. The van der Waals surface area contributed by atoms with Gasteiger partial charge >= 0.3 is 0 Å². The van der Waals surface area contributed by atoms with Crippen LogP contribution in [0.25, 0.3) is 5.65 Å². The van der Waals surface area contributed by atoms with Gasteiger partial charge in [-0.25, -0.2) is 4.98 Å². The number of anilines is 1. The number of rotatable bonds is 5. The number of hydrogen-bond donors (Lipinski definition) is 0. The lowest BCUT2D eigenvalue weighted by Gasteiger charge is -2.30. The van der Waals surface area contributed by atoms with Crippen LogP contribution in [0.3, 0.4) is 0 Å². The van der Waals surface area contributed by atoms with Crippen molar-refractivity contribution in [2.24, 2.45) is 0 Å². The van der Waals surface area contributed by atoms with E-state index in [9.17, 15) is 0 Å². The van der Waals surface area contributed by atoms with Crippen molar-refractivity contribution in [2.75, 3.05) is 32.1 Å². The van der Waals surface area contributed by atoms with Crippen LogP contribution in [0.4, 0.5) is 5.82 Å². The Morgan fingerprint density at radius 3 is 2.67 bits per heavy atom. The van der Waals surface area contributed by atoms with Crippen molar-refractivity contribution in [3.8, 4) is 0 Å². The summed E-state index contributed by atoms with van der Waals surface area (Å²) in [5, 5.41) is 13.4. The molecule has 0 aliphatic carbocycles. The standard InChI is InChI=1S/C19H27N7O/c1-13(2)18-15(20-12-27-18)11-25-9-7-14(8-10-25)19-22-21-16-5-6-17(24(3)4)23-26(16)19/h5-6,12-14H,7-11H2,1-4H3. The van der Waals surface area contributed by atoms with E-state index in [0.29, 0.717) is 11.8 Å². The average molecular weight is 369 g/mol. The zero-order chi connectivity index (χ0) is 19.0. The van der Waals surface area contributed by atoms with E-state index in [4.69, 9.17) is 9.52 Å². The smallest absolute Gasteiger partial charge is 0.181 e. The van der Waals surface area contributed by atoms with Crippen LogP contribution in [-0.4, -0.2) is 56.9 Å². The van der Waals surface area contributed by atoms with Gasteiger partial charge in [0.25, 0.3) is 0 Å². The highest BCUT2D eigenvalue weighted by Crippen LogP contribution is 2.29. The number of aromatic nitrogens is 5. The van der Waals surface area contributed by atoms with Gasteiger partial charge in [-0.1, -0.05) is 13.8 Å². The largest absolute Gasteiger partial charge is 0.448 e. The fraction of sp³-hybridized carbons (Fsp3) is 0.579. The molecule has 27 heavy (non-hydrogen) atoms. The van der Waals surface area contributed by atoms with Crippen LogP contribution in [0.1, 0.15) is 55.8 Å². The summed E-state index contributed by atoms with van der Waals surface area (Å²) in [5.74, 6) is 3.62. The lowest BCUT2D eigenvalue weighted by Crippen LogP contribution is -2.33. The monoisotopic (exact) mass is 369 g/mol. The van der Waals surface area contributed by atoms with Gasteiger partial charge in [0, 0.05) is 32.5 Å². The topological polar surface area (TPSA) is 75.6 Å². The third-order valence-electron chi connectivity index (χ3n) is 5.25. The van der Waals surface area contributed by atoms with E-state index in [1.807, 2.05) is 35.6 Å². The molecule has 0 aromatic carbocycles. The van der Waals surface area contributed by atoms with Gasteiger partial charge in [-0.2, -0.15) is 4.52 Å². The predicted molar refractivity (Wildman–Crippen MR) is 103 cm³/mol. The lowest BCUT2D eigenvalue weighted by atomic mass is 9.96. The molecule has 1 fully saturated rings. The molecule has 0 bridgehead atoms. The van der Waals surface area contributed by atoms with Crippen LogP contribution < -0.4 is 4.90 Å². The molecule has 0 N–H and O–H groups in total. The van der Waals surface area contributed by atoms with Crippen molar-refractivity contribution in [1.82, 2.24) is 29.7 Å². The van der Waals surface area contributed by atoms with E-state index in [2.05, 4.69) is 33.9 Å². The second-order valence-electron chi connectivity index (χ2n) is 7.78. The highest BCUT2D eigenvalue weighted by Gasteiger charge is 2.26. The fourth-order valence-corrected chi connectivity index (χ4v) is 3.72. The summed E-state index contributed by atoms with van der Waals surface area (Å²) in [5.41, 5.74) is 1.87. The summed E-state index contributed by atoms with van der Waals surface area (Å²) < 4.78 is 7.46. The summed E-state index contributed by atoms with van der Waals surface area (Å²) in [6.07, 6.45) is 3.65. The summed E-state index contributed by atoms with van der Waals surface area (Å²) in [6, 6.07) is 3.95. The van der Waals surface area contributed by atoms with Crippen LogP contribution in [-0.2, 0) is 6.54 Å². The van der Waals surface area contributed by atoms with Gasteiger partial charge in [-0.05, 0) is 38.1 Å². The van der Waals surface area contributed by atoms with Gasteiger partial charge in [0.05, 0.1) is 5.69 Å². The van der Waals surface area contributed by atoms with E-state index < -0.39 is 0 Å². The number of fused-ring (bicyclic) bond motifs is 1. The Morgan fingerprint density at radius 2 is 1.96 bits per heavy atom. The molecule has 0 saturated carbocycles. The van der Waals surface area contributed by atoms with Gasteiger partial charge in [-0.3, -0.25) is 4.90 Å². The highest BCUT2D eigenvalue weighted by molar-refractivity contribution is 5.45. The van der Waals surface area contributed by atoms with Crippen LogP contribution in [0.2, 0.25) is 0 Å². The molecule has 8 heteroatoms. The minimum atomic E-state index is 0.361. The first kappa shape index (κ1) is 17.9. The van der Waals surface area contributed by atoms with Crippen molar-refractivity contribution < 1.29 is 4.42 Å². The second kappa shape index (κ2) is 7.26. The molecular weight excluding hydrogens is 342 g/mol. The molecule has 144 valence electrons. The molecule has 3 aromatic heterocycles. The molecule has 3 aromatic rings. The van der Waals surface area contributed by atoms with Gasteiger partial charge in [0.15, 0.2) is 17.9 Å². The molecule has 1 aliphatic rings. The Morgan fingerprint density at radius 1 is 1.19 bits per heavy atom. The summed E-state index contributed by atoms with van der Waals surface area (Å²) in [4.78, 5) is 8.86. The van der Waals surface area contributed by atoms with Crippen LogP contribution in [0, 0.1) is 0 Å². The maximum absolute atomic E-state index is 5.55. The molecule has 0 spiro atoms. The summed E-state index contributed by atoms with van der Waals surface area (Å²) in [7, 11) is 3.98. The lowest BCUT2D eigenvalue weighted by molar-refractivity contribution is 0.197. The van der Waals surface area contributed by atoms with Crippen molar-refractivity contribution in [2.45, 2.75) is 45.1 Å². The van der Waals surface area contributed by atoms with Gasteiger partial charge in [0.1, 0.15) is 11.6 Å². The van der Waals surface area contributed by atoms with E-state index in [-0.39, 0.29) is 0 Å². The average Bonchev–Trinajstić information content (AvgIpc) is 3.28. The first-order valence-electron chi connectivity index (χ1n) is 9.57. The molecule has 0 amide bonds. The Balaban J connectivity index is 1.45. The van der Waals surface area contributed by atoms with Crippen molar-refractivity contribution in [3.05, 3.63) is 35.8 Å². The normalized spacial score (nSPS) is 16.5. The zero-order valence-electron chi connectivity index (χ0n) is 16.5. The molecular formula is C19H27N7O. The molecule has 1 saturated heterocycles. The van der Waals surface area contributed by atoms with E-state index in [1.165, 1.54) is 0 Å². The number of nitrogens with zero attached hydrogens (tertiary/aromatic N) is 7. The first-order chi connectivity index (χ1) is 13.0. The van der Waals surface area contributed by atoms with E-state index >= 15 is 0 Å². The minimum absolute atomic E-state index is 0.361. The highest BCUT2D eigenvalue weighted by atomic mass is 16.3. The molecule has 4 rings (SSSR count). The number of hydrogen-bond acceptors (Lipinski definition) is 7. The van der Waals surface area contributed by atoms with Crippen molar-refractivity contribution in [1.29, 1.82) is 0 Å². The first-order valence-corrected chi connectivity index (χ1v) is 9.57. The maximum atomic E-state index is 5.55.